The van der Waals surface area contributed by atoms with Gasteiger partial charge in [-0.15, -0.1) is 0 Å². The molecule has 0 radical (unpaired) electrons. The van der Waals surface area contributed by atoms with E-state index in [4.69, 9.17) is 0 Å². The summed E-state index contributed by atoms with van der Waals surface area (Å²) in [5, 5.41) is 0. The van der Waals surface area contributed by atoms with Crippen LogP contribution in [0.4, 0.5) is 0 Å². The molecule has 0 saturated heterocycles. The van der Waals surface area contributed by atoms with E-state index in [0.29, 0.717) is 30.8 Å². The Hall–Kier alpha value is -2.25. The predicted octanol–water partition coefficient (Wildman–Crippen LogP) is 3.85. The third kappa shape index (κ3) is 4.59. The van der Waals surface area contributed by atoms with Crippen molar-refractivity contribution in [2.45, 2.75) is 26.8 Å². The number of Topliss-reactive ketones (excluding diaryl/α,β-unsaturated/α-hetero) is 2. The third-order valence-electron chi connectivity index (χ3n) is 4.34. The summed E-state index contributed by atoms with van der Waals surface area (Å²) in [5.74, 6) is -0.975. The summed E-state index contributed by atoms with van der Waals surface area (Å²) in [4.78, 5) is 36.9. The number of hydrogen-bond donors (Lipinski definition) is 0. The first kappa shape index (κ1) is 22.0. The first-order valence-electron chi connectivity index (χ1n) is 9.09. The van der Waals surface area contributed by atoms with Gasteiger partial charge in [-0.1, -0.05) is 22.9 Å². The van der Waals surface area contributed by atoms with Crippen LogP contribution in [0, 0.1) is 0 Å². The van der Waals surface area contributed by atoms with Gasteiger partial charge in [-0.3, -0.25) is 14.4 Å². The average Bonchev–Trinajstić information content (AvgIpc) is 2.96. The molecule has 0 unspecified atom stereocenters. The summed E-state index contributed by atoms with van der Waals surface area (Å²) in [6.45, 7) is 4.78. The van der Waals surface area contributed by atoms with Crippen molar-refractivity contribution in [2.24, 2.45) is 7.05 Å². The first-order chi connectivity index (χ1) is 13.2. The summed E-state index contributed by atoms with van der Waals surface area (Å²) >= 11 is 3.43. The molecule has 0 fully saturated rings. The van der Waals surface area contributed by atoms with Crippen molar-refractivity contribution in [1.82, 2.24) is 9.47 Å². The molecule has 0 aliphatic heterocycles. The third-order valence-corrected chi connectivity index (χ3v) is 4.84. The summed E-state index contributed by atoms with van der Waals surface area (Å²) in [5.41, 5.74) is 3.65. The molecule has 3 rings (SSSR count). The lowest BCUT2D eigenvalue weighted by Gasteiger charge is -2.16. The molecule has 1 aromatic heterocycles. The van der Waals surface area contributed by atoms with Gasteiger partial charge in [0, 0.05) is 41.3 Å². The highest BCUT2D eigenvalue weighted by atomic mass is 79.9. The van der Waals surface area contributed by atoms with Crippen LogP contribution in [0.15, 0.2) is 28.7 Å². The minimum atomic E-state index is -0.428. The number of aromatic nitrogens is 1. The Morgan fingerprint density at radius 2 is 1.75 bits per heavy atom. The van der Waals surface area contributed by atoms with E-state index in [2.05, 4.69) is 20.7 Å². The zero-order chi connectivity index (χ0) is 21.0. The van der Waals surface area contributed by atoms with Crippen molar-refractivity contribution in [2.75, 3.05) is 20.7 Å². The standard InChI is InChI=1S/C16H15BrN2O2.C5H10O2/c1-18(2)8-10-7-13-12-6-9(17)4-5-11(12)15(20)16(21)14(13)19(10)3;1-3-5(6)7-4-2/h4-7H,8H2,1-3H3;3-4H2,1-2H3. The number of ketones is 2. The second kappa shape index (κ2) is 9.30. The molecule has 7 heteroatoms. The van der Waals surface area contributed by atoms with E-state index in [0.717, 1.165) is 21.3 Å². The maximum atomic E-state index is 12.4. The van der Waals surface area contributed by atoms with Crippen LogP contribution >= 0.6 is 15.9 Å². The van der Waals surface area contributed by atoms with Crippen LogP contribution in [0.1, 0.15) is 46.8 Å². The van der Waals surface area contributed by atoms with E-state index in [9.17, 15) is 14.4 Å². The molecule has 1 aliphatic carbocycles. The minimum Gasteiger partial charge on any atom is -0.466 e. The molecular formula is C21H25BrN2O4. The molecule has 0 amide bonds. The largest absolute Gasteiger partial charge is 0.466 e. The van der Waals surface area contributed by atoms with Crippen LogP contribution < -0.4 is 0 Å². The van der Waals surface area contributed by atoms with Crippen LogP contribution in [-0.2, 0) is 23.1 Å². The van der Waals surface area contributed by atoms with Gasteiger partial charge in [0.1, 0.15) is 5.69 Å². The Labute approximate surface area is 173 Å². The number of esters is 1. The number of fused-ring (bicyclic) bond motifs is 3. The summed E-state index contributed by atoms with van der Waals surface area (Å²) in [6, 6.07) is 7.41. The lowest BCUT2D eigenvalue weighted by molar-refractivity contribution is -0.142. The molecule has 0 N–H and O–H groups in total. The van der Waals surface area contributed by atoms with Crippen molar-refractivity contribution in [3.05, 3.63) is 45.7 Å². The highest BCUT2D eigenvalue weighted by Crippen LogP contribution is 2.37. The number of carbonyl (C=O) groups excluding carboxylic acids is 3. The molecule has 0 spiro atoms. The normalized spacial score (nSPS) is 12.2. The van der Waals surface area contributed by atoms with Crippen LogP contribution in [0.2, 0.25) is 0 Å². The zero-order valence-electron chi connectivity index (χ0n) is 16.8. The smallest absolute Gasteiger partial charge is 0.305 e. The van der Waals surface area contributed by atoms with Gasteiger partial charge in [-0.05, 0) is 50.8 Å². The van der Waals surface area contributed by atoms with Gasteiger partial charge in [0.05, 0.1) is 6.61 Å². The van der Waals surface area contributed by atoms with Crippen LogP contribution in [-0.4, -0.2) is 47.7 Å². The Morgan fingerprint density at radius 3 is 2.29 bits per heavy atom. The molecule has 6 nitrogen and oxygen atoms in total. The molecule has 1 aromatic carbocycles. The van der Waals surface area contributed by atoms with Gasteiger partial charge in [-0.2, -0.15) is 0 Å². The molecule has 2 aromatic rings. The van der Waals surface area contributed by atoms with Gasteiger partial charge < -0.3 is 14.2 Å². The average molecular weight is 449 g/mol. The van der Waals surface area contributed by atoms with Crippen molar-refractivity contribution in [3.63, 3.8) is 0 Å². The highest BCUT2D eigenvalue weighted by Gasteiger charge is 2.33. The number of ether oxygens (including phenoxy) is 1. The van der Waals surface area contributed by atoms with Gasteiger partial charge in [0.2, 0.25) is 11.6 Å². The fraction of sp³-hybridized carbons (Fsp3) is 0.381. The van der Waals surface area contributed by atoms with E-state index < -0.39 is 11.6 Å². The monoisotopic (exact) mass is 448 g/mol. The molecule has 28 heavy (non-hydrogen) atoms. The van der Waals surface area contributed by atoms with Crippen molar-refractivity contribution in [1.29, 1.82) is 0 Å². The Morgan fingerprint density at radius 1 is 1.07 bits per heavy atom. The van der Waals surface area contributed by atoms with Gasteiger partial charge in [-0.25, -0.2) is 0 Å². The Balaban J connectivity index is 0.000000345. The highest BCUT2D eigenvalue weighted by molar-refractivity contribution is 9.10. The van der Waals surface area contributed by atoms with E-state index in [-0.39, 0.29) is 5.97 Å². The quantitative estimate of drug-likeness (QED) is 0.524. The molecular weight excluding hydrogens is 424 g/mol. The predicted molar refractivity (Wildman–Crippen MR) is 112 cm³/mol. The summed E-state index contributed by atoms with van der Waals surface area (Å²) in [7, 11) is 5.79. The number of benzene rings is 1. The number of nitrogens with zero attached hydrogens (tertiary/aromatic N) is 2. The lowest BCUT2D eigenvalue weighted by atomic mass is 9.88. The van der Waals surface area contributed by atoms with E-state index in [1.807, 2.05) is 42.7 Å². The van der Waals surface area contributed by atoms with Gasteiger partial charge in [0.25, 0.3) is 0 Å². The maximum Gasteiger partial charge on any atom is 0.305 e. The van der Waals surface area contributed by atoms with Gasteiger partial charge >= 0.3 is 5.97 Å². The maximum absolute atomic E-state index is 12.4. The van der Waals surface area contributed by atoms with E-state index in [1.165, 1.54) is 0 Å². The fourth-order valence-corrected chi connectivity index (χ4v) is 3.40. The number of rotatable bonds is 4. The topological polar surface area (TPSA) is 68.6 Å². The minimum absolute atomic E-state index is 0.123. The molecule has 150 valence electrons. The van der Waals surface area contributed by atoms with Crippen LogP contribution in [0.25, 0.3) is 11.1 Å². The van der Waals surface area contributed by atoms with Crippen LogP contribution in [0.5, 0.6) is 0 Å². The zero-order valence-corrected chi connectivity index (χ0v) is 18.4. The molecule has 1 heterocycles. The fourth-order valence-electron chi connectivity index (χ4n) is 3.04. The first-order valence-corrected chi connectivity index (χ1v) is 9.88. The van der Waals surface area contributed by atoms with Crippen molar-refractivity contribution >= 4 is 33.5 Å². The second-order valence-electron chi connectivity index (χ2n) is 6.70. The van der Waals surface area contributed by atoms with Gasteiger partial charge in [0.15, 0.2) is 0 Å². The Bertz CT molecular complexity index is 915. The molecule has 0 saturated carbocycles. The SMILES string of the molecule is CCOC(=O)CC.CN(C)Cc1cc2c(n1C)C(=O)C(=O)c1ccc(Br)cc1-2. The number of halogens is 1. The number of hydrogen-bond acceptors (Lipinski definition) is 5. The summed E-state index contributed by atoms with van der Waals surface area (Å²) < 4.78 is 7.28. The molecule has 1 aliphatic rings. The second-order valence-corrected chi connectivity index (χ2v) is 7.62. The summed E-state index contributed by atoms with van der Waals surface area (Å²) in [6.07, 6.45) is 0.480. The Kier molecular flexibility index (Phi) is 7.32. The molecule has 0 atom stereocenters. The lowest BCUT2D eigenvalue weighted by Crippen LogP contribution is -2.24. The van der Waals surface area contributed by atoms with Crippen molar-refractivity contribution < 1.29 is 19.1 Å². The van der Waals surface area contributed by atoms with Crippen LogP contribution in [0.3, 0.4) is 0 Å². The molecule has 0 bridgehead atoms. The van der Waals surface area contributed by atoms with E-state index >= 15 is 0 Å². The number of carbonyl (C=O) groups is 3. The van der Waals surface area contributed by atoms with Crippen molar-refractivity contribution in [3.8, 4) is 11.1 Å². The van der Waals surface area contributed by atoms with E-state index in [1.54, 1.807) is 26.0 Å².